The number of hydrogen-bond donors (Lipinski definition) is 0. The monoisotopic (exact) mass is 185 g/mol. The highest BCUT2D eigenvalue weighted by atomic mass is 16.6. The Morgan fingerprint density at radius 1 is 1.46 bits per heavy atom. The summed E-state index contributed by atoms with van der Waals surface area (Å²) in [6.45, 7) is 2.50. The minimum absolute atomic E-state index is 0.0984. The molecule has 2 saturated carbocycles. The molecule has 0 aliphatic heterocycles. The number of rotatable bonds is 3. The van der Waals surface area contributed by atoms with Gasteiger partial charge in [0.1, 0.15) is 6.10 Å². The maximum Gasteiger partial charge on any atom is 0.241 e. The van der Waals surface area contributed by atoms with Gasteiger partial charge in [-0.05, 0) is 32.1 Å². The fraction of sp³-hybridized carbons (Fsp3) is 1.00. The van der Waals surface area contributed by atoms with Crippen molar-refractivity contribution in [3.05, 3.63) is 10.1 Å². The van der Waals surface area contributed by atoms with Crippen LogP contribution in [0.1, 0.15) is 26.2 Å². The summed E-state index contributed by atoms with van der Waals surface area (Å²) in [5, 5.41) is 10.8. The summed E-state index contributed by atoms with van der Waals surface area (Å²) in [4.78, 5) is 10.7. The molecular weight excluding hydrogens is 170 g/mol. The molecule has 4 heteroatoms. The zero-order valence-electron chi connectivity index (χ0n) is 7.81. The van der Waals surface area contributed by atoms with Crippen LogP contribution in [0.5, 0.6) is 0 Å². The molecule has 4 nitrogen and oxygen atoms in total. The number of nitrogens with zero attached hydrogens (tertiary/aromatic N) is 1. The van der Waals surface area contributed by atoms with Crippen LogP contribution in [0, 0.1) is 22.0 Å². The molecule has 2 bridgehead atoms. The zero-order chi connectivity index (χ0) is 9.42. The van der Waals surface area contributed by atoms with E-state index in [-0.39, 0.29) is 16.9 Å². The Morgan fingerprint density at radius 3 is 2.77 bits per heavy atom. The molecule has 0 spiro atoms. The molecule has 0 N–H and O–H groups in total. The molecule has 13 heavy (non-hydrogen) atoms. The average molecular weight is 185 g/mol. The van der Waals surface area contributed by atoms with Crippen molar-refractivity contribution in [2.45, 2.75) is 38.3 Å². The van der Waals surface area contributed by atoms with Crippen molar-refractivity contribution >= 4 is 0 Å². The fourth-order valence-electron chi connectivity index (χ4n) is 2.93. The standard InChI is InChI=1S/C9H15NO3/c1-2-13-9-7-4-3-6(5-7)8(9)10(11)12/h6-9H,2-5H2,1H3. The molecule has 4 unspecified atom stereocenters. The summed E-state index contributed by atoms with van der Waals surface area (Å²) in [7, 11) is 0. The lowest BCUT2D eigenvalue weighted by Gasteiger charge is -2.24. The van der Waals surface area contributed by atoms with Crippen molar-refractivity contribution < 1.29 is 9.66 Å². The first-order valence-electron chi connectivity index (χ1n) is 4.99. The van der Waals surface area contributed by atoms with Gasteiger partial charge in [0.2, 0.25) is 6.04 Å². The molecule has 2 aliphatic rings. The Labute approximate surface area is 77.4 Å². The smallest absolute Gasteiger partial charge is 0.241 e. The minimum atomic E-state index is -0.418. The first-order valence-corrected chi connectivity index (χ1v) is 4.99. The predicted octanol–water partition coefficient (Wildman–Crippen LogP) is 1.47. The predicted molar refractivity (Wildman–Crippen MR) is 47.0 cm³/mol. The van der Waals surface area contributed by atoms with Crippen molar-refractivity contribution in [1.82, 2.24) is 0 Å². The van der Waals surface area contributed by atoms with Crippen LogP contribution in [-0.2, 0) is 4.74 Å². The van der Waals surface area contributed by atoms with Gasteiger partial charge in [0.05, 0.1) is 0 Å². The molecule has 4 atom stereocenters. The molecular formula is C9H15NO3. The van der Waals surface area contributed by atoms with Gasteiger partial charge >= 0.3 is 0 Å². The molecule has 0 amide bonds. The van der Waals surface area contributed by atoms with Crippen LogP contribution < -0.4 is 0 Å². The Morgan fingerprint density at radius 2 is 2.15 bits per heavy atom. The Balaban J connectivity index is 2.10. The van der Waals surface area contributed by atoms with Crippen LogP contribution in [-0.4, -0.2) is 23.7 Å². The number of ether oxygens (including phenoxy) is 1. The molecule has 2 aliphatic carbocycles. The van der Waals surface area contributed by atoms with E-state index in [9.17, 15) is 10.1 Å². The van der Waals surface area contributed by atoms with Crippen LogP contribution in [0.25, 0.3) is 0 Å². The van der Waals surface area contributed by atoms with Gasteiger partial charge < -0.3 is 4.74 Å². The molecule has 2 rings (SSSR count). The fourth-order valence-corrected chi connectivity index (χ4v) is 2.93. The van der Waals surface area contributed by atoms with Crippen molar-refractivity contribution in [2.75, 3.05) is 6.61 Å². The van der Waals surface area contributed by atoms with Crippen LogP contribution in [0.3, 0.4) is 0 Å². The Hall–Kier alpha value is -0.640. The van der Waals surface area contributed by atoms with Crippen molar-refractivity contribution in [3.63, 3.8) is 0 Å². The topological polar surface area (TPSA) is 52.4 Å². The van der Waals surface area contributed by atoms with Gasteiger partial charge in [0.15, 0.2) is 0 Å². The third-order valence-corrected chi connectivity index (χ3v) is 3.40. The average Bonchev–Trinajstić information content (AvgIpc) is 2.63. The van der Waals surface area contributed by atoms with E-state index in [1.807, 2.05) is 6.92 Å². The number of fused-ring (bicyclic) bond motifs is 2. The first kappa shape index (κ1) is 8.94. The number of nitro groups is 1. The van der Waals surface area contributed by atoms with Gasteiger partial charge in [0, 0.05) is 17.4 Å². The molecule has 0 aromatic heterocycles. The minimum Gasteiger partial charge on any atom is -0.371 e. The van der Waals surface area contributed by atoms with E-state index in [0.717, 1.165) is 19.3 Å². The van der Waals surface area contributed by atoms with Gasteiger partial charge in [-0.15, -0.1) is 0 Å². The van der Waals surface area contributed by atoms with Gasteiger partial charge in [-0.3, -0.25) is 10.1 Å². The van der Waals surface area contributed by atoms with Crippen molar-refractivity contribution in [3.8, 4) is 0 Å². The first-order chi connectivity index (χ1) is 6.24. The molecule has 0 heterocycles. The van der Waals surface area contributed by atoms with E-state index < -0.39 is 6.04 Å². The zero-order valence-corrected chi connectivity index (χ0v) is 7.81. The third-order valence-electron chi connectivity index (χ3n) is 3.40. The molecule has 2 fully saturated rings. The summed E-state index contributed by atoms with van der Waals surface area (Å²) in [6, 6.07) is -0.418. The number of hydrogen-bond acceptors (Lipinski definition) is 3. The van der Waals surface area contributed by atoms with Gasteiger partial charge in [-0.25, -0.2) is 0 Å². The Bertz CT molecular complexity index is 219. The quantitative estimate of drug-likeness (QED) is 0.494. The van der Waals surface area contributed by atoms with Crippen LogP contribution in [0.4, 0.5) is 0 Å². The molecule has 0 radical (unpaired) electrons. The molecule has 0 aromatic carbocycles. The summed E-state index contributed by atoms with van der Waals surface area (Å²) in [5.74, 6) is 0.747. The summed E-state index contributed by atoms with van der Waals surface area (Å²) >= 11 is 0. The van der Waals surface area contributed by atoms with E-state index in [2.05, 4.69) is 0 Å². The Kier molecular flexibility index (Phi) is 2.24. The lowest BCUT2D eigenvalue weighted by Crippen LogP contribution is -2.40. The highest BCUT2D eigenvalue weighted by molar-refractivity contribution is 4.98. The van der Waals surface area contributed by atoms with E-state index in [1.165, 1.54) is 0 Å². The largest absolute Gasteiger partial charge is 0.371 e. The van der Waals surface area contributed by atoms with E-state index in [4.69, 9.17) is 4.74 Å². The highest BCUT2D eigenvalue weighted by Gasteiger charge is 2.55. The van der Waals surface area contributed by atoms with Crippen LogP contribution in [0.15, 0.2) is 0 Å². The van der Waals surface area contributed by atoms with Crippen LogP contribution in [0.2, 0.25) is 0 Å². The van der Waals surface area contributed by atoms with Crippen LogP contribution >= 0.6 is 0 Å². The maximum absolute atomic E-state index is 10.8. The van der Waals surface area contributed by atoms with Crippen molar-refractivity contribution in [2.24, 2.45) is 11.8 Å². The van der Waals surface area contributed by atoms with E-state index >= 15 is 0 Å². The second kappa shape index (κ2) is 3.25. The lowest BCUT2D eigenvalue weighted by molar-refractivity contribution is -0.542. The SMILES string of the molecule is CCOC1C2CCC(C2)C1[N+](=O)[O-]. The molecule has 0 aromatic rings. The lowest BCUT2D eigenvalue weighted by atomic mass is 9.93. The second-order valence-corrected chi connectivity index (χ2v) is 4.03. The third kappa shape index (κ3) is 1.33. The normalized spacial score (nSPS) is 42.5. The summed E-state index contributed by atoms with van der Waals surface area (Å²) < 4.78 is 5.47. The highest BCUT2D eigenvalue weighted by Crippen LogP contribution is 2.47. The maximum atomic E-state index is 10.8. The van der Waals surface area contributed by atoms with Gasteiger partial charge in [0.25, 0.3) is 0 Å². The second-order valence-electron chi connectivity index (χ2n) is 4.03. The summed E-state index contributed by atoms with van der Waals surface area (Å²) in [6.07, 6.45) is 3.06. The van der Waals surface area contributed by atoms with Gasteiger partial charge in [-0.2, -0.15) is 0 Å². The van der Waals surface area contributed by atoms with E-state index in [0.29, 0.717) is 12.5 Å². The van der Waals surface area contributed by atoms with Gasteiger partial charge in [-0.1, -0.05) is 0 Å². The summed E-state index contributed by atoms with van der Waals surface area (Å²) in [5.41, 5.74) is 0. The molecule has 74 valence electrons. The van der Waals surface area contributed by atoms with Crippen molar-refractivity contribution in [1.29, 1.82) is 0 Å². The van der Waals surface area contributed by atoms with E-state index in [1.54, 1.807) is 0 Å². The molecule has 0 saturated heterocycles.